The highest BCUT2D eigenvalue weighted by Gasteiger charge is 2.37. The molecule has 318 valence electrons. The van der Waals surface area contributed by atoms with Gasteiger partial charge in [-0.05, 0) is 82.6 Å². The summed E-state index contributed by atoms with van der Waals surface area (Å²) >= 11 is 0. The topological polar surface area (TPSA) is 179 Å². The molecule has 18 heteroatoms. The fourth-order valence-electron chi connectivity index (χ4n) is 6.92. The number of piperazine rings is 1. The summed E-state index contributed by atoms with van der Waals surface area (Å²) in [5, 5.41) is 0. The van der Waals surface area contributed by atoms with Crippen molar-refractivity contribution >= 4 is 63.7 Å². The van der Waals surface area contributed by atoms with Crippen molar-refractivity contribution in [1.82, 2.24) is 24.8 Å². The van der Waals surface area contributed by atoms with Crippen LogP contribution in [0.3, 0.4) is 0 Å². The minimum atomic E-state index is -1.28. The summed E-state index contributed by atoms with van der Waals surface area (Å²) in [7, 11) is 0. The van der Waals surface area contributed by atoms with Gasteiger partial charge in [0.2, 0.25) is 23.1 Å². The molecule has 0 bridgehead atoms. The molecule has 3 aromatic carbocycles. The van der Waals surface area contributed by atoms with Gasteiger partial charge in [-0.2, -0.15) is 14.9 Å². The molecule has 8 rings (SSSR count). The number of imide groups is 1. The third-order valence-corrected chi connectivity index (χ3v) is 9.61. The minimum Gasteiger partial charge on any atom is -0.475 e. The van der Waals surface area contributed by atoms with Crippen LogP contribution in [0.15, 0.2) is 93.8 Å². The van der Waals surface area contributed by atoms with E-state index in [0.717, 1.165) is 5.56 Å². The maximum atomic E-state index is 15.1. The Labute approximate surface area is 354 Å². The molecule has 0 unspecified atom stereocenters. The monoisotopic (exact) mass is 844 g/mol. The van der Waals surface area contributed by atoms with Crippen LogP contribution in [-0.4, -0.2) is 82.4 Å². The predicted octanol–water partition coefficient (Wildman–Crippen LogP) is 8.91. The Morgan fingerprint density at radius 3 is 1.90 bits per heavy atom. The summed E-state index contributed by atoms with van der Waals surface area (Å²) in [6.07, 6.45) is -2.48. The summed E-state index contributed by atoms with van der Waals surface area (Å²) in [5.41, 5.74) is 2.36. The van der Waals surface area contributed by atoms with Gasteiger partial charge >= 0.3 is 18.2 Å². The van der Waals surface area contributed by atoms with E-state index in [-0.39, 0.29) is 89.6 Å². The number of aryl methyl sites for hydroxylation is 3. The van der Waals surface area contributed by atoms with Crippen molar-refractivity contribution in [3.8, 4) is 23.3 Å². The molecular formula is C44H41FN8O9. The van der Waals surface area contributed by atoms with Crippen molar-refractivity contribution in [3.05, 3.63) is 108 Å². The second-order valence-electron chi connectivity index (χ2n) is 14.1. The van der Waals surface area contributed by atoms with E-state index in [1.807, 2.05) is 17.9 Å². The predicted molar refractivity (Wildman–Crippen MR) is 225 cm³/mol. The molecule has 1 saturated heterocycles. The molecule has 0 radical (unpaired) electrons. The zero-order valence-electron chi connectivity index (χ0n) is 34.5. The van der Waals surface area contributed by atoms with Gasteiger partial charge in [0.25, 0.3) is 11.8 Å². The fraction of sp³-hybridized carbons (Fsp3) is 0.250. The number of carbonyl (C=O) groups is 3. The molecule has 5 heterocycles. The molecule has 0 aliphatic carbocycles. The summed E-state index contributed by atoms with van der Waals surface area (Å²) in [5.74, 6) is -0.0162. The lowest BCUT2D eigenvalue weighted by molar-refractivity contribution is 0.189. The number of carbonyl (C=O) groups excluding carboxylic acids is 3. The van der Waals surface area contributed by atoms with Crippen molar-refractivity contribution in [2.75, 3.05) is 54.1 Å². The SMILES string of the molecule is CCOc1nc2oc(C)cc2nc1N(C(=O)Oc1ccccc1)C(=O)Oc1ccccc1N(C(=O)N1CCN(c2cc(C)cc(F)c2)CC1)c1nc2cc(C)oc2nc1OCC. The highest BCUT2D eigenvalue weighted by atomic mass is 19.1. The molecular weight excluding hydrogens is 804 g/mol. The Kier molecular flexibility index (Phi) is 11.5. The number of rotatable bonds is 10. The molecule has 1 fully saturated rings. The Morgan fingerprint density at radius 1 is 0.694 bits per heavy atom. The summed E-state index contributed by atoms with van der Waals surface area (Å²) < 4.78 is 49.3. The number of anilines is 4. The van der Waals surface area contributed by atoms with Gasteiger partial charge in [0, 0.05) is 44.0 Å². The van der Waals surface area contributed by atoms with Crippen molar-refractivity contribution in [2.45, 2.75) is 34.6 Å². The first-order valence-electron chi connectivity index (χ1n) is 19.8. The maximum Gasteiger partial charge on any atom is 0.431 e. The number of ether oxygens (including phenoxy) is 4. The number of hydrogen-bond acceptors (Lipinski definition) is 14. The van der Waals surface area contributed by atoms with Crippen LogP contribution in [0, 0.1) is 26.6 Å². The molecule has 0 N–H and O–H groups in total. The fourth-order valence-corrected chi connectivity index (χ4v) is 6.92. The van der Waals surface area contributed by atoms with Crippen molar-refractivity contribution in [3.63, 3.8) is 0 Å². The van der Waals surface area contributed by atoms with Crippen molar-refractivity contribution in [1.29, 1.82) is 0 Å². The summed E-state index contributed by atoms with van der Waals surface area (Å²) in [6, 6.07) is 21.8. The first kappa shape index (κ1) is 41.0. The molecule has 0 spiro atoms. The van der Waals surface area contributed by atoms with Gasteiger partial charge in [0.1, 0.15) is 34.1 Å². The first-order chi connectivity index (χ1) is 30.0. The van der Waals surface area contributed by atoms with E-state index in [1.165, 1.54) is 35.2 Å². The number of urea groups is 1. The quantitative estimate of drug-likeness (QED) is 0.127. The number of nitrogens with zero attached hydrogens (tertiary/aromatic N) is 8. The van der Waals surface area contributed by atoms with Gasteiger partial charge in [0.15, 0.2) is 5.75 Å². The van der Waals surface area contributed by atoms with Gasteiger partial charge in [-0.25, -0.2) is 33.6 Å². The molecule has 17 nitrogen and oxygen atoms in total. The number of furan rings is 2. The normalized spacial score (nSPS) is 12.7. The zero-order chi connectivity index (χ0) is 43.5. The van der Waals surface area contributed by atoms with Gasteiger partial charge in [-0.1, -0.05) is 30.3 Å². The number of halogens is 1. The average Bonchev–Trinajstić information content (AvgIpc) is 3.81. The van der Waals surface area contributed by atoms with Gasteiger partial charge < -0.3 is 37.6 Å². The Hall–Kier alpha value is -7.76. The smallest absolute Gasteiger partial charge is 0.431 e. The van der Waals surface area contributed by atoms with E-state index in [1.54, 1.807) is 81.1 Å². The standard InChI is InChI=1S/C44H41FN8O9/c1-6-57-40-36(46-32-23-27(4)59-38(32)48-40)52(42(54)51-19-17-50(18-20-51)30-22-26(3)21-29(45)25-30)34-15-11-12-16-35(34)62-44(56)53(43(55)61-31-13-9-8-10-14-31)37-41(58-7-2)49-39-33(47-37)24-28(5)60-39/h8-16,21-25H,6-7,17-20H2,1-5H3. The van der Waals surface area contributed by atoms with Crippen LogP contribution < -0.4 is 33.6 Å². The first-order valence-corrected chi connectivity index (χ1v) is 19.8. The van der Waals surface area contributed by atoms with Gasteiger partial charge in [-0.15, -0.1) is 0 Å². The number of aromatic nitrogens is 4. The number of fused-ring (bicyclic) bond motifs is 2. The van der Waals surface area contributed by atoms with Gasteiger partial charge in [0.05, 0.1) is 18.9 Å². The third kappa shape index (κ3) is 8.47. The average molecular weight is 845 g/mol. The van der Waals surface area contributed by atoms with E-state index < -0.39 is 18.2 Å². The van der Waals surface area contributed by atoms with Crippen LogP contribution in [0.25, 0.3) is 22.5 Å². The second-order valence-corrected chi connectivity index (χ2v) is 14.1. The molecule has 7 aromatic rings. The Morgan fingerprint density at radius 2 is 1.27 bits per heavy atom. The number of amides is 4. The van der Waals surface area contributed by atoms with Crippen LogP contribution in [0.1, 0.15) is 30.9 Å². The van der Waals surface area contributed by atoms with E-state index in [4.69, 9.17) is 32.8 Å². The number of benzene rings is 3. The van der Waals surface area contributed by atoms with Crippen LogP contribution in [-0.2, 0) is 0 Å². The van der Waals surface area contributed by atoms with E-state index in [2.05, 4.69) is 15.0 Å². The van der Waals surface area contributed by atoms with Gasteiger partial charge in [-0.3, -0.25) is 0 Å². The molecule has 4 aromatic heterocycles. The summed E-state index contributed by atoms with van der Waals surface area (Å²) in [6.45, 7) is 10.2. The van der Waals surface area contributed by atoms with E-state index in [9.17, 15) is 14.0 Å². The lowest BCUT2D eigenvalue weighted by atomic mass is 10.2. The second kappa shape index (κ2) is 17.5. The van der Waals surface area contributed by atoms with Crippen LogP contribution >= 0.6 is 0 Å². The summed E-state index contributed by atoms with van der Waals surface area (Å²) in [4.78, 5) is 67.5. The number of hydrogen-bond donors (Lipinski definition) is 0. The lowest BCUT2D eigenvalue weighted by Crippen LogP contribution is -2.52. The van der Waals surface area contributed by atoms with E-state index in [0.29, 0.717) is 40.7 Å². The molecule has 0 atom stereocenters. The van der Waals surface area contributed by atoms with Crippen LogP contribution in [0.4, 0.5) is 41.8 Å². The maximum absolute atomic E-state index is 15.1. The Balaban J connectivity index is 1.20. The van der Waals surface area contributed by atoms with Crippen molar-refractivity contribution in [2.24, 2.45) is 0 Å². The molecule has 1 aliphatic rings. The third-order valence-electron chi connectivity index (χ3n) is 9.61. The molecule has 4 amide bonds. The molecule has 1 aliphatic heterocycles. The number of para-hydroxylation sites is 3. The minimum absolute atomic E-state index is 0.0255. The highest BCUT2D eigenvalue weighted by Crippen LogP contribution is 2.40. The zero-order valence-corrected chi connectivity index (χ0v) is 34.5. The largest absolute Gasteiger partial charge is 0.475 e. The Bertz CT molecular complexity index is 2770. The van der Waals surface area contributed by atoms with E-state index >= 15 is 4.79 Å². The highest BCUT2D eigenvalue weighted by molar-refractivity contribution is 6.11. The van der Waals surface area contributed by atoms with Crippen LogP contribution in [0.2, 0.25) is 0 Å². The van der Waals surface area contributed by atoms with Crippen molar-refractivity contribution < 1.29 is 46.6 Å². The van der Waals surface area contributed by atoms with Crippen LogP contribution in [0.5, 0.6) is 23.3 Å². The molecule has 62 heavy (non-hydrogen) atoms. The lowest BCUT2D eigenvalue weighted by Gasteiger charge is -2.38. The molecule has 0 saturated carbocycles.